The van der Waals surface area contributed by atoms with Gasteiger partial charge in [-0.2, -0.15) is 0 Å². The Kier molecular flexibility index (Phi) is 4.69. The number of anilines is 1. The van der Waals surface area contributed by atoms with Gasteiger partial charge in [0.15, 0.2) is 9.84 Å². The van der Waals surface area contributed by atoms with Gasteiger partial charge in [0, 0.05) is 12.1 Å². The highest BCUT2D eigenvalue weighted by Gasteiger charge is 2.28. The summed E-state index contributed by atoms with van der Waals surface area (Å²) in [5.74, 6) is 0.408. The summed E-state index contributed by atoms with van der Waals surface area (Å²) in [6.45, 7) is 6.77. The number of aromatic nitrogens is 1. The van der Waals surface area contributed by atoms with E-state index in [2.05, 4.69) is 10.3 Å². The second kappa shape index (κ2) is 5.74. The van der Waals surface area contributed by atoms with Crippen molar-refractivity contribution in [2.75, 3.05) is 17.6 Å². The molecule has 0 aromatic carbocycles. The molecule has 112 valence electrons. The maximum Gasteiger partial charge on any atom is 0.290 e. The van der Waals surface area contributed by atoms with E-state index in [1.54, 1.807) is 27.7 Å². The Balaban J connectivity index is 2.69. The third-order valence-corrected chi connectivity index (χ3v) is 5.50. The maximum atomic E-state index is 11.9. The molecule has 0 atom stereocenters. The first kappa shape index (κ1) is 16.4. The summed E-state index contributed by atoms with van der Waals surface area (Å²) in [4.78, 5) is 14.0. The second-order valence-electron chi connectivity index (χ2n) is 5.47. The van der Waals surface area contributed by atoms with Crippen molar-refractivity contribution in [1.82, 2.24) is 4.98 Å². The first-order valence-corrected chi connectivity index (χ1v) is 7.77. The van der Waals surface area contributed by atoms with Crippen molar-refractivity contribution in [3.05, 3.63) is 27.9 Å². The van der Waals surface area contributed by atoms with E-state index in [1.807, 2.05) is 0 Å². The molecule has 1 heterocycles. The Morgan fingerprint density at radius 2 is 2.00 bits per heavy atom. The van der Waals surface area contributed by atoms with Gasteiger partial charge in [-0.05, 0) is 33.8 Å². The highest BCUT2D eigenvalue weighted by Crippen LogP contribution is 2.19. The van der Waals surface area contributed by atoms with Gasteiger partial charge >= 0.3 is 0 Å². The minimum atomic E-state index is -3.20. The van der Waals surface area contributed by atoms with Gasteiger partial charge in [-0.25, -0.2) is 13.4 Å². The van der Waals surface area contributed by atoms with E-state index < -0.39 is 19.5 Å². The molecule has 8 heteroatoms. The number of sulfone groups is 1. The number of rotatable bonds is 5. The number of nitrogens with one attached hydrogen (secondary N) is 1. The number of hydrogen-bond acceptors (Lipinski definition) is 6. The number of nitro groups is 1. The molecule has 0 spiro atoms. The quantitative estimate of drug-likeness (QED) is 0.658. The van der Waals surface area contributed by atoms with Crippen LogP contribution in [0.3, 0.4) is 0 Å². The molecular weight excluding hydrogens is 282 g/mol. The van der Waals surface area contributed by atoms with E-state index in [-0.39, 0.29) is 18.0 Å². The van der Waals surface area contributed by atoms with Crippen LogP contribution in [0.2, 0.25) is 0 Å². The zero-order valence-corrected chi connectivity index (χ0v) is 12.8. The van der Waals surface area contributed by atoms with Crippen LogP contribution in [-0.2, 0) is 9.84 Å². The summed E-state index contributed by atoms with van der Waals surface area (Å²) in [7, 11) is -3.20. The monoisotopic (exact) mass is 301 g/mol. The molecular formula is C12H19N3O4S. The van der Waals surface area contributed by atoms with E-state index in [1.165, 1.54) is 6.07 Å². The van der Waals surface area contributed by atoms with E-state index in [0.717, 1.165) is 6.20 Å². The Bertz CT molecular complexity index is 606. The highest BCUT2D eigenvalue weighted by atomic mass is 32.2. The highest BCUT2D eigenvalue weighted by molar-refractivity contribution is 7.92. The fraction of sp³-hybridized carbons (Fsp3) is 0.583. The first-order valence-electron chi connectivity index (χ1n) is 6.12. The average molecular weight is 301 g/mol. The minimum absolute atomic E-state index is 0.0196. The lowest BCUT2D eigenvalue weighted by Crippen LogP contribution is -2.33. The third-order valence-electron chi connectivity index (χ3n) is 2.89. The van der Waals surface area contributed by atoms with Gasteiger partial charge in [0.05, 0.1) is 15.4 Å². The summed E-state index contributed by atoms with van der Waals surface area (Å²) < 4.78 is 23.0. The molecule has 0 unspecified atom stereocenters. The molecule has 7 nitrogen and oxygen atoms in total. The van der Waals surface area contributed by atoms with Crippen molar-refractivity contribution >= 4 is 21.3 Å². The number of nitrogens with zero attached hydrogens (tertiary/aromatic N) is 2. The van der Waals surface area contributed by atoms with E-state index in [0.29, 0.717) is 11.4 Å². The Hall–Kier alpha value is -1.70. The van der Waals surface area contributed by atoms with Crippen molar-refractivity contribution in [3.63, 3.8) is 0 Å². The molecule has 0 saturated heterocycles. The molecule has 0 radical (unpaired) electrons. The molecule has 0 amide bonds. The molecule has 0 saturated carbocycles. The largest absolute Gasteiger partial charge is 0.369 e. The van der Waals surface area contributed by atoms with Crippen molar-refractivity contribution in [2.24, 2.45) is 0 Å². The van der Waals surface area contributed by atoms with Crippen LogP contribution in [0.1, 0.15) is 26.3 Å². The van der Waals surface area contributed by atoms with Gasteiger partial charge in [0.1, 0.15) is 12.0 Å². The maximum absolute atomic E-state index is 11.9. The molecule has 0 bridgehead atoms. The Morgan fingerprint density at radius 3 is 2.45 bits per heavy atom. The SMILES string of the molecule is Cc1cc(NCCS(=O)(=O)C(C)(C)C)ncc1[N+](=O)[O-]. The minimum Gasteiger partial charge on any atom is -0.369 e. The predicted octanol–water partition coefficient (Wildman–Crippen LogP) is 1.92. The second-order valence-corrected chi connectivity index (χ2v) is 8.33. The van der Waals surface area contributed by atoms with Crippen LogP contribution in [0.25, 0.3) is 0 Å². The van der Waals surface area contributed by atoms with Crippen LogP contribution in [-0.4, -0.2) is 35.4 Å². The number of hydrogen-bond donors (Lipinski definition) is 1. The van der Waals surface area contributed by atoms with Crippen LogP contribution in [0.4, 0.5) is 11.5 Å². The van der Waals surface area contributed by atoms with Crippen molar-refractivity contribution < 1.29 is 13.3 Å². The molecule has 1 aromatic rings. The summed E-state index contributed by atoms with van der Waals surface area (Å²) in [6, 6.07) is 1.53. The first-order chi connectivity index (χ1) is 9.04. The molecule has 0 fully saturated rings. The third kappa shape index (κ3) is 3.89. The lowest BCUT2D eigenvalue weighted by Gasteiger charge is -2.19. The lowest BCUT2D eigenvalue weighted by atomic mass is 10.2. The van der Waals surface area contributed by atoms with Crippen molar-refractivity contribution in [3.8, 4) is 0 Å². The van der Waals surface area contributed by atoms with Crippen LogP contribution < -0.4 is 5.32 Å². The van der Waals surface area contributed by atoms with Gasteiger partial charge in [0.25, 0.3) is 5.69 Å². The smallest absolute Gasteiger partial charge is 0.290 e. The van der Waals surface area contributed by atoms with E-state index in [9.17, 15) is 18.5 Å². The van der Waals surface area contributed by atoms with Gasteiger partial charge in [-0.15, -0.1) is 0 Å². The summed E-state index contributed by atoms with van der Waals surface area (Å²) in [5, 5.41) is 13.5. The molecule has 0 aliphatic heterocycles. The van der Waals surface area contributed by atoms with Crippen LogP contribution in [0, 0.1) is 17.0 Å². The van der Waals surface area contributed by atoms with Gasteiger partial charge in [0.2, 0.25) is 0 Å². The molecule has 1 aromatic heterocycles. The van der Waals surface area contributed by atoms with Crippen LogP contribution >= 0.6 is 0 Å². The molecule has 0 aliphatic rings. The summed E-state index contributed by atoms with van der Waals surface area (Å²) in [6.07, 6.45) is 1.16. The molecule has 1 rings (SSSR count). The molecule has 0 aliphatic carbocycles. The number of pyridine rings is 1. The standard InChI is InChI=1S/C12H19N3O4S/c1-9-7-11(14-8-10(9)15(16)17)13-5-6-20(18,19)12(2,3)4/h7-8H,5-6H2,1-4H3,(H,13,14). The van der Waals surface area contributed by atoms with Crippen molar-refractivity contribution in [2.45, 2.75) is 32.4 Å². The lowest BCUT2D eigenvalue weighted by molar-refractivity contribution is -0.385. The van der Waals surface area contributed by atoms with Crippen LogP contribution in [0.5, 0.6) is 0 Å². The fourth-order valence-electron chi connectivity index (χ4n) is 1.46. The Labute approximate surface area is 118 Å². The fourth-order valence-corrected chi connectivity index (χ4v) is 2.44. The topological polar surface area (TPSA) is 102 Å². The van der Waals surface area contributed by atoms with Gasteiger partial charge < -0.3 is 5.32 Å². The molecule has 20 heavy (non-hydrogen) atoms. The van der Waals surface area contributed by atoms with Gasteiger partial charge in [-0.3, -0.25) is 10.1 Å². The normalized spacial score (nSPS) is 12.2. The zero-order valence-electron chi connectivity index (χ0n) is 12.0. The van der Waals surface area contributed by atoms with Crippen molar-refractivity contribution in [1.29, 1.82) is 0 Å². The predicted molar refractivity (Wildman–Crippen MR) is 77.7 cm³/mol. The Morgan fingerprint density at radius 1 is 1.40 bits per heavy atom. The van der Waals surface area contributed by atoms with Crippen LogP contribution in [0.15, 0.2) is 12.3 Å². The number of aryl methyl sites for hydroxylation is 1. The molecule has 1 N–H and O–H groups in total. The summed E-state index contributed by atoms with van der Waals surface area (Å²) >= 11 is 0. The van der Waals surface area contributed by atoms with E-state index >= 15 is 0 Å². The van der Waals surface area contributed by atoms with Gasteiger partial charge in [-0.1, -0.05) is 0 Å². The zero-order chi connectivity index (χ0) is 15.6. The average Bonchev–Trinajstić information content (AvgIpc) is 2.26. The van der Waals surface area contributed by atoms with E-state index in [4.69, 9.17) is 0 Å². The summed E-state index contributed by atoms with van der Waals surface area (Å²) in [5.41, 5.74) is 0.420.